The number of hydrogen-bond donors (Lipinski definition) is 2. The molecular weight excluding hydrogens is 244 g/mol. The highest BCUT2D eigenvalue weighted by Crippen LogP contribution is 2.25. The molecule has 0 aliphatic heterocycles. The summed E-state index contributed by atoms with van der Waals surface area (Å²) in [6.45, 7) is 5.16. The summed E-state index contributed by atoms with van der Waals surface area (Å²) in [4.78, 5) is 10.5. The molecule has 90 valence electrons. The zero-order chi connectivity index (χ0) is 12.0. The maximum atomic E-state index is 10.5. The van der Waals surface area contributed by atoms with E-state index >= 15 is 0 Å². The minimum absolute atomic E-state index is 0.282. The van der Waals surface area contributed by atoms with Gasteiger partial charge >= 0.3 is 0 Å². The molecule has 0 bridgehead atoms. The molecule has 3 N–H and O–H groups in total. The average molecular weight is 260 g/mol. The Bertz CT molecular complexity index is 340. The second kappa shape index (κ2) is 6.70. The van der Waals surface area contributed by atoms with Crippen LogP contribution >= 0.6 is 23.1 Å². The lowest BCUT2D eigenvalue weighted by Gasteiger charge is -2.03. The lowest BCUT2D eigenvalue weighted by atomic mass is 10.2. The molecule has 1 rings (SSSR count). The number of amides is 1. The summed E-state index contributed by atoms with van der Waals surface area (Å²) in [5, 5.41) is 12.0. The van der Waals surface area contributed by atoms with Gasteiger partial charge in [0.15, 0.2) is 4.34 Å². The van der Waals surface area contributed by atoms with E-state index in [1.54, 1.807) is 0 Å². The van der Waals surface area contributed by atoms with Crippen LogP contribution in [0.25, 0.3) is 0 Å². The number of nitrogens with zero attached hydrogens (tertiary/aromatic N) is 2. The number of thioether (sulfide) groups is 1. The van der Waals surface area contributed by atoms with E-state index < -0.39 is 0 Å². The molecule has 0 aromatic carbocycles. The van der Waals surface area contributed by atoms with Gasteiger partial charge in [-0.2, -0.15) is 0 Å². The van der Waals surface area contributed by atoms with E-state index in [0.717, 1.165) is 16.0 Å². The third kappa shape index (κ3) is 5.32. The first-order valence-electron chi connectivity index (χ1n) is 5.06. The first kappa shape index (κ1) is 13.2. The van der Waals surface area contributed by atoms with Gasteiger partial charge < -0.3 is 11.1 Å². The number of nitrogens with two attached hydrogens (primary N) is 1. The number of nitrogens with one attached hydrogen (secondary N) is 1. The second-order valence-corrected chi connectivity index (χ2v) is 6.03. The fourth-order valence-electron chi connectivity index (χ4n) is 0.870. The summed E-state index contributed by atoms with van der Waals surface area (Å²) in [5.74, 6) is 0.957. The van der Waals surface area contributed by atoms with Crippen LogP contribution in [0.4, 0.5) is 5.13 Å². The predicted molar refractivity (Wildman–Crippen MR) is 67.8 cm³/mol. The predicted octanol–water partition coefficient (Wildman–Crippen LogP) is 1.57. The lowest BCUT2D eigenvalue weighted by Crippen LogP contribution is -2.10. The molecule has 0 atom stereocenters. The molecule has 7 heteroatoms. The molecule has 0 saturated carbocycles. The Morgan fingerprint density at radius 1 is 1.56 bits per heavy atom. The molecule has 16 heavy (non-hydrogen) atoms. The summed E-state index contributed by atoms with van der Waals surface area (Å²) < 4.78 is 0.868. The Balaban J connectivity index is 2.30. The van der Waals surface area contributed by atoms with Crippen LogP contribution in [-0.2, 0) is 4.79 Å². The lowest BCUT2D eigenvalue weighted by molar-refractivity contribution is -0.117. The second-order valence-electron chi connectivity index (χ2n) is 3.71. The summed E-state index contributed by atoms with van der Waals surface area (Å²) in [6.07, 6.45) is 0.374. The van der Waals surface area contributed by atoms with Gasteiger partial charge in [-0.05, 0) is 5.92 Å². The molecule has 1 heterocycles. The Labute approximate surface area is 103 Å². The molecule has 0 unspecified atom stereocenters. The molecule has 5 nitrogen and oxygen atoms in total. The van der Waals surface area contributed by atoms with Crippen molar-refractivity contribution in [3.63, 3.8) is 0 Å². The zero-order valence-electron chi connectivity index (χ0n) is 9.40. The van der Waals surface area contributed by atoms with Crippen LogP contribution in [0.1, 0.15) is 20.3 Å². The van der Waals surface area contributed by atoms with Crippen molar-refractivity contribution < 1.29 is 4.79 Å². The Hall–Kier alpha value is -0.820. The standard InChI is InChI=1S/C9H16N4OS2/c1-6(2)5-11-8-12-13-9(16-8)15-4-3-7(10)14/h6H,3-5H2,1-2H3,(H2,10,14)(H,11,12). The van der Waals surface area contributed by atoms with Crippen molar-refractivity contribution in [1.29, 1.82) is 0 Å². The van der Waals surface area contributed by atoms with Gasteiger partial charge in [-0.3, -0.25) is 4.79 Å². The minimum atomic E-state index is -0.282. The topological polar surface area (TPSA) is 80.9 Å². The molecule has 0 saturated heterocycles. The molecule has 0 spiro atoms. The number of hydrogen-bond acceptors (Lipinski definition) is 6. The van der Waals surface area contributed by atoms with Gasteiger partial charge in [0.05, 0.1) is 0 Å². The van der Waals surface area contributed by atoms with Crippen molar-refractivity contribution >= 4 is 34.1 Å². The van der Waals surface area contributed by atoms with Crippen LogP contribution in [0.5, 0.6) is 0 Å². The number of aromatic nitrogens is 2. The first-order valence-corrected chi connectivity index (χ1v) is 6.86. The van der Waals surface area contributed by atoms with Crippen LogP contribution < -0.4 is 11.1 Å². The van der Waals surface area contributed by atoms with Gasteiger partial charge in [0.2, 0.25) is 11.0 Å². The highest BCUT2D eigenvalue weighted by atomic mass is 32.2. The van der Waals surface area contributed by atoms with Crippen molar-refractivity contribution in [2.45, 2.75) is 24.6 Å². The largest absolute Gasteiger partial charge is 0.370 e. The number of carbonyl (C=O) groups excluding carboxylic acids is 1. The molecule has 0 aliphatic carbocycles. The van der Waals surface area contributed by atoms with E-state index in [2.05, 4.69) is 29.4 Å². The number of anilines is 1. The van der Waals surface area contributed by atoms with Crippen molar-refractivity contribution in [3.05, 3.63) is 0 Å². The monoisotopic (exact) mass is 260 g/mol. The van der Waals surface area contributed by atoms with Gasteiger partial charge in [0.1, 0.15) is 0 Å². The smallest absolute Gasteiger partial charge is 0.218 e. The molecular formula is C9H16N4OS2. The van der Waals surface area contributed by atoms with E-state index in [0.29, 0.717) is 18.1 Å². The van der Waals surface area contributed by atoms with Crippen LogP contribution in [0.3, 0.4) is 0 Å². The SMILES string of the molecule is CC(C)CNc1nnc(SCCC(N)=O)s1. The quantitative estimate of drug-likeness (QED) is 0.727. The Morgan fingerprint density at radius 3 is 2.94 bits per heavy atom. The van der Waals surface area contributed by atoms with Crippen LogP contribution in [0, 0.1) is 5.92 Å². The van der Waals surface area contributed by atoms with E-state index in [1.807, 2.05) is 0 Å². The Kier molecular flexibility index (Phi) is 5.54. The normalized spacial score (nSPS) is 10.7. The van der Waals surface area contributed by atoms with Crippen LogP contribution in [0.15, 0.2) is 4.34 Å². The van der Waals surface area contributed by atoms with Crippen molar-refractivity contribution in [3.8, 4) is 0 Å². The van der Waals surface area contributed by atoms with E-state index in [4.69, 9.17) is 5.73 Å². The van der Waals surface area contributed by atoms with Crippen LogP contribution in [0.2, 0.25) is 0 Å². The summed E-state index contributed by atoms with van der Waals surface area (Å²) in [6, 6.07) is 0. The van der Waals surface area contributed by atoms with Gasteiger partial charge in [-0.25, -0.2) is 0 Å². The molecule has 0 fully saturated rings. The van der Waals surface area contributed by atoms with E-state index in [-0.39, 0.29) is 5.91 Å². The van der Waals surface area contributed by atoms with Crippen LogP contribution in [-0.4, -0.2) is 28.4 Å². The highest BCUT2D eigenvalue weighted by Gasteiger charge is 2.05. The van der Waals surface area contributed by atoms with Crippen molar-refractivity contribution in [2.75, 3.05) is 17.6 Å². The third-order valence-corrected chi connectivity index (χ3v) is 3.66. The highest BCUT2D eigenvalue weighted by molar-refractivity contribution is 8.01. The molecule has 1 aromatic heterocycles. The molecule has 0 radical (unpaired) electrons. The van der Waals surface area contributed by atoms with Gasteiger partial charge in [-0.15, -0.1) is 10.2 Å². The number of carbonyl (C=O) groups is 1. The third-order valence-electron chi connectivity index (χ3n) is 1.64. The maximum Gasteiger partial charge on any atom is 0.218 e. The van der Waals surface area contributed by atoms with Gasteiger partial charge in [0, 0.05) is 18.7 Å². The zero-order valence-corrected chi connectivity index (χ0v) is 11.0. The van der Waals surface area contributed by atoms with E-state index in [9.17, 15) is 4.79 Å². The average Bonchev–Trinajstić information content (AvgIpc) is 2.62. The summed E-state index contributed by atoms with van der Waals surface area (Å²) in [5.41, 5.74) is 5.05. The summed E-state index contributed by atoms with van der Waals surface area (Å²) >= 11 is 3.01. The van der Waals surface area contributed by atoms with Gasteiger partial charge in [0.25, 0.3) is 0 Å². The molecule has 1 amide bonds. The van der Waals surface area contributed by atoms with Crippen molar-refractivity contribution in [2.24, 2.45) is 11.7 Å². The minimum Gasteiger partial charge on any atom is -0.370 e. The first-order chi connectivity index (χ1) is 7.58. The van der Waals surface area contributed by atoms with E-state index in [1.165, 1.54) is 23.1 Å². The fraction of sp³-hybridized carbons (Fsp3) is 0.667. The van der Waals surface area contributed by atoms with Crippen molar-refractivity contribution in [1.82, 2.24) is 10.2 Å². The van der Waals surface area contributed by atoms with Gasteiger partial charge in [-0.1, -0.05) is 36.9 Å². The number of primary amides is 1. The molecule has 1 aromatic rings. The Morgan fingerprint density at radius 2 is 2.31 bits per heavy atom. The maximum absolute atomic E-state index is 10.5. The molecule has 0 aliphatic rings. The summed E-state index contributed by atoms with van der Waals surface area (Å²) in [7, 11) is 0. The fourth-order valence-corrected chi connectivity index (χ4v) is 2.65. The number of rotatable bonds is 7.